The van der Waals surface area contributed by atoms with E-state index in [-0.39, 0.29) is 48.1 Å². The fourth-order valence-corrected chi connectivity index (χ4v) is 15.6. The van der Waals surface area contributed by atoms with Crippen LogP contribution in [0.2, 0.25) is 16.6 Å². The molecule has 1 saturated heterocycles. The number of fused-ring (bicyclic) bond motifs is 2. The van der Waals surface area contributed by atoms with Crippen LogP contribution in [0.4, 0.5) is 0 Å². The van der Waals surface area contributed by atoms with Crippen molar-refractivity contribution in [1.82, 2.24) is 0 Å². The Hall–Kier alpha value is -2.57. The van der Waals surface area contributed by atoms with Gasteiger partial charge in [-0.05, 0) is 91.6 Å². The van der Waals surface area contributed by atoms with E-state index in [1.54, 1.807) is 27.4 Å². The second kappa shape index (κ2) is 26.4. The van der Waals surface area contributed by atoms with Crippen LogP contribution in [0.1, 0.15) is 133 Å². The molecule has 2 bridgehead atoms. The molecule has 1 fully saturated rings. The Bertz CT molecular complexity index is 1550. The van der Waals surface area contributed by atoms with Crippen LogP contribution in [-0.2, 0) is 32.9 Å². The molecular formula is C52H86O9Si. The van der Waals surface area contributed by atoms with E-state index in [1.807, 2.05) is 43.3 Å². The smallest absolute Gasteiger partial charge is 0.331 e. The van der Waals surface area contributed by atoms with Gasteiger partial charge in [-0.2, -0.15) is 0 Å². The summed E-state index contributed by atoms with van der Waals surface area (Å²) in [6.07, 6.45) is 16.1. The van der Waals surface area contributed by atoms with Gasteiger partial charge >= 0.3 is 5.97 Å². The first kappa shape index (κ1) is 53.8. The Morgan fingerprint density at radius 3 is 2.06 bits per heavy atom. The number of esters is 1. The Morgan fingerprint density at radius 2 is 1.47 bits per heavy atom. The van der Waals surface area contributed by atoms with Crippen molar-refractivity contribution in [2.45, 2.75) is 181 Å². The first-order valence-corrected chi connectivity index (χ1v) is 25.7. The molecule has 0 aliphatic carbocycles. The maximum Gasteiger partial charge on any atom is 0.331 e. The summed E-state index contributed by atoms with van der Waals surface area (Å²) in [5, 5.41) is 11.6. The number of aliphatic hydroxyl groups is 1. The zero-order valence-corrected chi connectivity index (χ0v) is 42.2. The van der Waals surface area contributed by atoms with E-state index in [1.165, 1.54) is 11.6 Å². The minimum Gasteiger partial charge on any atom is -0.497 e. The molecular weight excluding hydrogens is 797 g/mol. The van der Waals surface area contributed by atoms with Crippen molar-refractivity contribution < 1.29 is 42.7 Å². The van der Waals surface area contributed by atoms with E-state index < -0.39 is 32.8 Å². The number of ether oxygens (including phenoxy) is 6. The van der Waals surface area contributed by atoms with Gasteiger partial charge < -0.3 is 38.0 Å². The van der Waals surface area contributed by atoms with Gasteiger partial charge in [-0.3, -0.25) is 0 Å². The summed E-state index contributed by atoms with van der Waals surface area (Å²) in [6.45, 7) is 27.1. The molecule has 0 saturated carbocycles. The number of hydrogen-bond acceptors (Lipinski definition) is 9. The highest BCUT2D eigenvalue weighted by atomic mass is 28.4. The summed E-state index contributed by atoms with van der Waals surface area (Å²) in [7, 11) is 3.02. The largest absolute Gasteiger partial charge is 0.497 e. The second-order valence-electron chi connectivity index (χ2n) is 19.4. The highest BCUT2D eigenvalue weighted by Crippen LogP contribution is 2.43. The SMILES string of the molecule is COc1ccc([C@@H]2O[C@H]3[C@H](C)[C@@H](C/C=C/C=C/C(=O)O[C@@H]([C@@H](C)CO[Si](C(C)C)(C(C)C)C(C)C)[C@H](C)[C@H](O)C/C=C/[C@H](OC)C[C@H](C)C/C=C(\C)[C@@H](OC)CC[C@H]3C)O2)cc1. The topological polar surface area (TPSA) is 102 Å². The minimum absolute atomic E-state index is 0.0119. The van der Waals surface area contributed by atoms with Gasteiger partial charge in [0.2, 0.25) is 0 Å². The number of aliphatic hydroxyl groups excluding tert-OH is 1. The van der Waals surface area contributed by atoms with E-state index in [4.69, 9.17) is 32.8 Å². The summed E-state index contributed by atoms with van der Waals surface area (Å²) in [5.41, 5.74) is 3.45. The van der Waals surface area contributed by atoms with E-state index >= 15 is 0 Å². The minimum atomic E-state index is -2.18. The standard InChI is InChI=1S/C52H86O9Si/c1-34(2)62(35(3)4,36(5)6)58-33-40(10)51-41(11)46(53)21-19-20-45(56-14)32-37(7)24-25-38(8)47(57-15)31-26-39(9)50-42(12)48(22-17-16-18-23-49(54)60-51)59-52(61-50)43-27-29-44(55-13)30-28-43/h16-20,23,25,27-30,34-37,39-42,45-48,50-53H,21-22,24,26,31-33H2,1-15H3/b17-16+,20-19+,23-18+,38-25+/t37-,39-,40+,41-,42-,45+,46-,47+,48-,50-,51+,52+/m1/s1. The van der Waals surface area contributed by atoms with Gasteiger partial charge in [0.1, 0.15) is 11.9 Å². The van der Waals surface area contributed by atoms with Crippen molar-refractivity contribution >= 4 is 14.3 Å². The highest BCUT2D eigenvalue weighted by molar-refractivity contribution is 6.77. The van der Waals surface area contributed by atoms with Gasteiger partial charge in [0.05, 0.1) is 37.6 Å². The zero-order chi connectivity index (χ0) is 46.1. The quantitative estimate of drug-likeness (QED) is 0.132. The molecule has 0 amide bonds. The molecule has 0 radical (unpaired) electrons. The zero-order valence-electron chi connectivity index (χ0n) is 41.2. The maximum absolute atomic E-state index is 13.6. The number of methoxy groups -OCH3 is 3. The number of hydrogen-bond donors (Lipinski definition) is 1. The lowest BCUT2D eigenvalue weighted by atomic mass is 9.83. The second-order valence-corrected chi connectivity index (χ2v) is 24.9. The van der Waals surface area contributed by atoms with E-state index in [2.05, 4.69) is 94.4 Å². The molecule has 12 atom stereocenters. The van der Waals surface area contributed by atoms with Crippen molar-refractivity contribution in [3.63, 3.8) is 0 Å². The van der Waals surface area contributed by atoms with Crippen LogP contribution in [0, 0.1) is 29.6 Å². The molecule has 2 heterocycles. The van der Waals surface area contributed by atoms with Crippen molar-refractivity contribution in [2.24, 2.45) is 29.6 Å². The van der Waals surface area contributed by atoms with Crippen LogP contribution in [0.15, 0.2) is 72.4 Å². The van der Waals surface area contributed by atoms with Gasteiger partial charge in [0, 0.05) is 50.2 Å². The fraction of sp³-hybridized carbons (Fsp3) is 0.712. The number of carbonyl (C=O) groups excluding carboxylic acids is 1. The van der Waals surface area contributed by atoms with Gasteiger partial charge in [0.25, 0.3) is 0 Å². The predicted molar refractivity (Wildman–Crippen MR) is 255 cm³/mol. The first-order valence-electron chi connectivity index (χ1n) is 23.6. The van der Waals surface area contributed by atoms with Gasteiger partial charge in [-0.15, -0.1) is 0 Å². The Kier molecular flexibility index (Phi) is 22.9. The van der Waals surface area contributed by atoms with Crippen LogP contribution < -0.4 is 4.74 Å². The average Bonchev–Trinajstić information content (AvgIpc) is 3.24. The van der Waals surface area contributed by atoms with Crippen LogP contribution in [0.25, 0.3) is 0 Å². The molecule has 10 heteroatoms. The lowest BCUT2D eigenvalue weighted by Gasteiger charge is -2.43. The molecule has 0 unspecified atom stereocenters. The van der Waals surface area contributed by atoms with Crippen LogP contribution in [-0.4, -0.2) is 84.0 Å². The molecule has 352 valence electrons. The van der Waals surface area contributed by atoms with Crippen LogP contribution in [0.3, 0.4) is 0 Å². The monoisotopic (exact) mass is 883 g/mol. The molecule has 1 aromatic rings. The molecule has 1 N–H and O–H groups in total. The summed E-state index contributed by atoms with van der Waals surface area (Å²) < 4.78 is 44.1. The Labute approximate surface area is 378 Å². The highest BCUT2D eigenvalue weighted by Gasteiger charge is 2.46. The Balaban J connectivity index is 1.96. The molecule has 3 rings (SSSR count). The average molecular weight is 883 g/mol. The number of cyclic esters (lactones) is 1. The number of rotatable bonds is 11. The summed E-state index contributed by atoms with van der Waals surface area (Å²) in [5.74, 6) is 0.566. The lowest BCUT2D eigenvalue weighted by Crippen LogP contribution is -2.50. The molecule has 0 aromatic heterocycles. The first-order chi connectivity index (χ1) is 29.4. The normalized spacial score (nSPS) is 33.6. The van der Waals surface area contributed by atoms with E-state index in [9.17, 15) is 9.90 Å². The van der Waals surface area contributed by atoms with E-state index in [0.29, 0.717) is 42.0 Å². The number of carbonyl (C=O) groups is 1. The molecule has 62 heavy (non-hydrogen) atoms. The molecule has 9 nitrogen and oxygen atoms in total. The molecule has 0 spiro atoms. The Morgan fingerprint density at radius 1 is 0.806 bits per heavy atom. The fourth-order valence-electron chi connectivity index (χ4n) is 10.0. The number of allylic oxidation sites excluding steroid dienone is 3. The summed E-state index contributed by atoms with van der Waals surface area (Å²) >= 11 is 0. The van der Waals surface area contributed by atoms with Crippen LogP contribution in [0.5, 0.6) is 5.75 Å². The maximum atomic E-state index is 13.6. The van der Waals surface area contributed by atoms with E-state index in [0.717, 1.165) is 37.0 Å². The predicted octanol–water partition coefficient (Wildman–Crippen LogP) is 12.1. The third-order valence-corrected chi connectivity index (χ3v) is 20.0. The lowest BCUT2D eigenvalue weighted by molar-refractivity contribution is -0.280. The van der Waals surface area contributed by atoms with Crippen LogP contribution >= 0.6 is 0 Å². The van der Waals surface area contributed by atoms with Gasteiger partial charge in [-0.1, -0.05) is 125 Å². The molecule has 1 aromatic carbocycles. The summed E-state index contributed by atoms with van der Waals surface area (Å²) in [4.78, 5) is 13.6. The van der Waals surface area contributed by atoms with Crippen molar-refractivity contribution in [3.05, 3.63) is 77.9 Å². The van der Waals surface area contributed by atoms with Crippen molar-refractivity contribution in [2.75, 3.05) is 27.9 Å². The van der Waals surface area contributed by atoms with Crippen molar-refractivity contribution in [3.8, 4) is 5.75 Å². The molecule has 2 aliphatic heterocycles. The third kappa shape index (κ3) is 15.3. The van der Waals surface area contributed by atoms with Gasteiger partial charge in [-0.25, -0.2) is 4.79 Å². The number of benzene rings is 1. The van der Waals surface area contributed by atoms with Crippen molar-refractivity contribution in [1.29, 1.82) is 0 Å². The third-order valence-electron chi connectivity index (χ3n) is 13.9. The molecule has 2 aliphatic rings. The van der Waals surface area contributed by atoms with Gasteiger partial charge in [0.15, 0.2) is 14.6 Å². The summed E-state index contributed by atoms with van der Waals surface area (Å²) in [6, 6.07) is 7.88.